The van der Waals surface area contributed by atoms with Gasteiger partial charge in [-0.2, -0.15) is 0 Å². The average molecular weight is 391 g/mol. The van der Waals surface area contributed by atoms with Gasteiger partial charge < -0.3 is 14.2 Å². The lowest BCUT2D eigenvalue weighted by Gasteiger charge is -2.32. The number of methoxy groups -OCH3 is 1. The molecule has 1 atom stereocenters. The molecular weight excluding hydrogens is 360 g/mol. The Kier molecular flexibility index (Phi) is 7.30. The maximum atomic E-state index is 12.9. The molecular formula is C20H30N4O2S. The molecule has 7 heteroatoms. The van der Waals surface area contributed by atoms with Crippen LogP contribution in [0.2, 0.25) is 0 Å². The highest BCUT2D eigenvalue weighted by Gasteiger charge is 2.27. The predicted molar refractivity (Wildman–Crippen MR) is 110 cm³/mol. The molecule has 1 aromatic heterocycles. The lowest BCUT2D eigenvalue weighted by atomic mass is 10.2. The van der Waals surface area contributed by atoms with Gasteiger partial charge in [0.15, 0.2) is 11.0 Å². The molecule has 0 saturated carbocycles. The quantitative estimate of drug-likeness (QED) is 0.635. The van der Waals surface area contributed by atoms with E-state index < -0.39 is 0 Å². The lowest BCUT2D eigenvalue weighted by molar-refractivity contribution is -0.133. The number of amides is 1. The first-order valence-electron chi connectivity index (χ1n) is 9.36. The van der Waals surface area contributed by atoms with Crippen molar-refractivity contribution in [3.8, 4) is 17.1 Å². The molecule has 0 spiro atoms. The molecule has 0 unspecified atom stereocenters. The fourth-order valence-corrected chi connectivity index (χ4v) is 4.11. The Bertz CT molecular complexity index is 748. The van der Waals surface area contributed by atoms with Gasteiger partial charge in [-0.25, -0.2) is 0 Å². The second kappa shape index (κ2) is 9.26. The van der Waals surface area contributed by atoms with Gasteiger partial charge in [0, 0.05) is 24.2 Å². The van der Waals surface area contributed by atoms with E-state index in [9.17, 15) is 4.79 Å². The van der Waals surface area contributed by atoms with E-state index in [4.69, 9.17) is 4.74 Å². The zero-order valence-corrected chi connectivity index (χ0v) is 18.1. The van der Waals surface area contributed by atoms with Gasteiger partial charge in [-0.05, 0) is 65.8 Å². The highest BCUT2D eigenvalue weighted by atomic mass is 32.2. The van der Waals surface area contributed by atoms with Gasteiger partial charge in [-0.15, -0.1) is 10.2 Å². The van der Waals surface area contributed by atoms with Crippen molar-refractivity contribution in [2.45, 2.75) is 70.6 Å². The second-order valence-corrected chi connectivity index (χ2v) is 8.28. The number of rotatable bonds is 8. The van der Waals surface area contributed by atoms with Gasteiger partial charge in [-0.3, -0.25) is 4.79 Å². The summed E-state index contributed by atoms with van der Waals surface area (Å²) in [7, 11) is 1.65. The van der Waals surface area contributed by atoms with Crippen LogP contribution in [0.3, 0.4) is 0 Å². The van der Waals surface area contributed by atoms with E-state index in [1.54, 1.807) is 7.11 Å². The average Bonchev–Trinajstić information content (AvgIpc) is 3.03. The minimum Gasteiger partial charge on any atom is -0.497 e. The summed E-state index contributed by atoms with van der Waals surface area (Å²) in [5.74, 6) is 1.73. The summed E-state index contributed by atoms with van der Waals surface area (Å²) in [6, 6.07) is 8.09. The fraction of sp³-hybridized carbons (Fsp3) is 0.550. The van der Waals surface area contributed by atoms with Gasteiger partial charge in [0.1, 0.15) is 5.75 Å². The molecule has 1 amide bonds. The number of aromatic nitrogens is 3. The Hall–Kier alpha value is -2.02. The Labute approximate surface area is 166 Å². The standard InChI is InChI=1S/C20H30N4O2S/c1-8-23-18(16-9-11-17(26-7)12-10-16)21-22-20(23)27-15(6)19(25)24(13(2)3)14(4)5/h9-15H,8H2,1-7H3/t15-/m0/s1. The molecule has 27 heavy (non-hydrogen) atoms. The van der Waals surface area contributed by atoms with Crippen LogP contribution in [0.5, 0.6) is 5.75 Å². The molecule has 0 bridgehead atoms. The van der Waals surface area contributed by atoms with Crippen LogP contribution in [0, 0.1) is 0 Å². The van der Waals surface area contributed by atoms with Crippen LogP contribution in [0.1, 0.15) is 41.5 Å². The Balaban J connectivity index is 2.24. The van der Waals surface area contributed by atoms with Crippen molar-refractivity contribution in [1.29, 1.82) is 0 Å². The first-order valence-corrected chi connectivity index (χ1v) is 10.2. The molecule has 0 fully saturated rings. The largest absolute Gasteiger partial charge is 0.497 e. The van der Waals surface area contributed by atoms with E-state index in [1.807, 2.05) is 68.4 Å². The van der Waals surface area contributed by atoms with Crippen LogP contribution in [0.4, 0.5) is 0 Å². The summed E-state index contributed by atoms with van der Waals surface area (Å²) >= 11 is 1.46. The summed E-state index contributed by atoms with van der Waals surface area (Å²) in [5.41, 5.74) is 0.974. The summed E-state index contributed by atoms with van der Waals surface area (Å²) in [4.78, 5) is 14.8. The minimum atomic E-state index is -0.229. The van der Waals surface area contributed by atoms with Gasteiger partial charge in [0.25, 0.3) is 0 Å². The van der Waals surface area contributed by atoms with E-state index in [2.05, 4.69) is 17.1 Å². The number of carbonyl (C=O) groups excluding carboxylic acids is 1. The van der Waals surface area contributed by atoms with Crippen LogP contribution in [-0.4, -0.2) is 50.0 Å². The first-order chi connectivity index (χ1) is 12.8. The summed E-state index contributed by atoms with van der Waals surface area (Å²) in [5, 5.41) is 9.25. The van der Waals surface area contributed by atoms with Gasteiger partial charge in [-0.1, -0.05) is 11.8 Å². The van der Waals surface area contributed by atoms with Crippen molar-refractivity contribution < 1.29 is 9.53 Å². The summed E-state index contributed by atoms with van der Waals surface area (Å²) in [6.07, 6.45) is 0. The van der Waals surface area contributed by atoms with E-state index in [-0.39, 0.29) is 23.2 Å². The van der Waals surface area contributed by atoms with Crippen LogP contribution >= 0.6 is 11.8 Å². The lowest BCUT2D eigenvalue weighted by Crippen LogP contribution is -2.45. The third kappa shape index (κ3) is 4.83. The van der Waals surface area contributed by atoms with E-state index >= 15 is 0 Å². The third-order valence-corrected chi connectivity index (χ3v) is 5.45. The van der Waals surface area contributed by atoms with Crippen LogP contribution in [0.15, 0.2) is 29.4 Å². The zero-order valence-electron chi connectivity index (χ0n) is 17.3. The van der Waals surface area contributed by atoms with Crippen molar-refractivity contribution in [2.75, 3.05) is 7.11 Å². The zero-order chi connectivity index (χ0) is 20.1. The van der Waals surface area contributed by atoms with Crippen molar-refractivity contribution in [3.63, 3.8) is 0 Å². The monoisotopic (exact) mass is 390 g/mol. The van der Waals surface area contributed by atoms with Crippen LogP contribution in [-0.2, 0) is 11.3 Å². The Morgan fingerprint density at radius 1 is 1.11 bits per heavy atom. The molecule has 2 aromatic rings. The fourth-order valence-electron chi connectivity index (χ4n) is 3.14. The van der Waals surface area contributed by atoms with Crippen molar-refractivity contribution >= 4 is 17.7 Å². The van der Waals surface area contributed by atoms with Crippen LogP contribution in [0.25, 0.3) is 11.4 Å². The number of nitrogens with zero attached hydrogens (tertiary/aromatic N) is 4. The van der Waals surface area contributed by atoms with Gasteiger partial charge in [0.05, 0.1) is 12.4 Å². The molecule has 148 valence electrons. The van der Waals surface area contributed by atoms with Crippen molar-refractivity contribution in [2.24, 2.45) is 0 Å². The number of hydrogen-bond donors (Lipinski definition) is 0. The highest BCUT2D eigenvalue weighted by Crippen LogP contribution is 2.29. The van der Waals surface area contributed by atoms with Crippen LogP contribution < -0.4 is 4.74 Å². The summed E-state index contributed by atoms with van der Waals surface area (Å²) in [6.45, 7) is 12.9. The molecule has 1 aromatic carbocycles. The number of benzene rings is 1. The number of thioether (sulfide) groups is 1. The maximum absolute atomic E-state index is 12.9. The Morgan fingerprint density at radius 2 is 1.70 bits per heavy atom. The molecule has 6 nitrogen and oxygen atoms in total. The van der Waals surface area contributed by atoms with Crippen molar-refractivity contribution in [1.82, 2.24) is 19.7 Å². The van der Waals surface area contributed by atoms with Crippen molar-refractivity contribution in [3.05, 3.63) is 24.3 Å². The molecule has 1 heterocycles. The maximum Gasteiger partial charge on any atom is 0.236 e. The Morgan fingerprint density at radius 3 is 2.19 bits per heavy atom. The highest BCUT2D eigenvalue weighted by molar-refractivity contribution is 8.00. The molecule has 0 aliphatic heterocycles. The normalized spacial score (nSPS) is 12.5. The van der Waals surface area contributed by atoms with Gasteiger partial charge >= 0.3 is 0 Å². The number of carbonyl (C=O) groups is 1. The molecule has 0 aliphatic carbocycles. The minimum absolute atomic E-state index is 0.127. The smallest absolute Gasteiger partial charge is 0.236 e. The number of ether oxygens (including phenoxy) is 1. The van der Waals surface area contributed by atoms with E-state index in [0.717, 1.165) is 28.8 Å². The number of hydrogen-bond acceptors (Lipinski definition) is 5. The molecule has 0 saturated heterocycles. The molecule has 2 rings (SSSR count). The first kappa shape index (κ1) is 21.3. The second-order valence-electron chi connectivity index (χ2n) is 6.97. The third-order valence-electron chi connectivity index (χ3n) is 4.38. The molecule has 0 aliphatic rings. The molecule has 0 radical (unpaired) electrons. The summed E-state index contributed by atoms with van der Waals surface area (Å²) < 4.78 is 7.26. The van der Waals surface area contributed by atoms with Gasteiger partial charge in [0.2, 0.25) is 5.91 Å². The molecule has 0 N–H and O–H groups in total. The predicted octanol–water partition coefficient (Wildman–Crippen LogP) is 4.10. The SMILES string of the molecule is CCn1c(S[C@@H](C)C(=O)N(C(C)C)C(C)C)nnc1-c1ccc(OC)cc1. The van der Waals surface area contributed by atoms with E-state index in [1.165, 1.54) is 11.8 Å². The van der Waals surface area contributed by atoms with E-state index in [0.29, 0.717) is 0 Å². The topological polar surface area (TPSA) is 60.2 Å².